The molecule has 2 heteroatoms. The standard InChI is InChI=1S/C12H21NO.3C2H6/c1-9(14)10-5-12(8-13(10)4)6-11(2,3)7-12;3*1-2/h10H,5-8H2,1-4H3;3*1-2H3. The number of hydrogen-bond acceptors (Lipinski definition) is 2. The monoisotopic (exact) mass is 285 g/mol. The zero-order valence-corrected chi connectivity index (χ0v) is 15.8. The summed E-state index contributed by atoms with van der Waals surface area (Å²) in [5.74, 6) is 0.342. The summed E-state index contributed by atoms with van der Waals surface area (Å²) >= 11 is 0. The van der Waals surface area contributed by atoms with Gasteiger partial charge in [0.25, 0.3) is 0 Å². The van der Waals surface area contributed by atoms with E-state index in [0.717, 1.165) is 13.0 Å². The summed E-state index contributed by atoms with van der Waals surface area (Å²) in [4.78, 5) is 13.7. The van der Waals surface area contributed by atoms with Crippen LogP contribution < -0.4 is 0 Å². The van der Waals surface area contributed by atoms with Crippen LogP contribution in [0.1, 0.15) is 81.6 Å². The molecule has 1 saturated heterocycles. The third-order valence-electron chi connectivity index (χ3n) is 3.92. The molecule has 0 amide bonds. The summed E-state index contributed by atoms with van der Waals surface area (Å²) in [5, 5.41) is 0. The SMILES string of the molecule is CC.CC.CC.CC(=O)C1CC2(CN1C)CC(C)(C)C2. The number of likely N-dealkylation sites (N-methyl/N-ethyl adjacent to an activating group) is 1. The van der Waals surface area contributed by atoms with Gasteiger partial charge in [0, 0.05) is 6.54 Å². The molecule has 2 fully saturated rings. The lowest BCUT2D eigenvalue weighted by Gasteiger charge is -2.51. The minimum Gasteiger partial charge on any atom is -0.298 e. The average Bonchev–Trinajstić information content (AvgIpc) is 2.72. The maximum absolute atomic E-state index is 11.4. The zero-order valence-electron chi connectivity index (χ0n) is 15.8. The van der Waals surface area contributed by atoms with Gasteiger partial charge in [-0.15, -0.1) is 0 Å². The number of carbonyl (C=O) groups excluding carboxylic acids is 1. The molecule has 1 saturated carbocycles. The van der Waals surface area contributed by atoms with Crippen LogP contribution in [-0.2, 0) is 4.79 Å². The maximum Gasteiger partial charge on any atom is 0.146 e. The van der Waals surface area contributed by atoms with Crippen molar-refractivity contribution in [1.29, 1.82) is 0 Å². The highest BCUT2D eigenvalue weighted by atomic mass is 16.1. The fraction of sp³-hybridized carbons (Fsp3) is 0.944. The summed E-state index contributed by atoms with van der Waals surface area (Å²) in [5.41, 5.74) is 1.00. The highest BCUT2D eigenvalue weighted by molar-refractivity contribution is 5.81. The lowest BCUT2D eigenvalue weighted by molar-refractivity contribution is -0.121. The van der Waals surface area contributed by atoms with Crippen LogP contribution >= 0.6 is 0 Å². The average molecular weight is 286 g/mol. The van der Waals surface area contributed by atoms with Crippen LogP contribution in [0.5, 0.6) is 0 Å². The minimum absolute atomic E-state index is 0.200. The van der Waals surface area contributed by atoms with E-state index in [1.165, 1.54) is 12.8 Å². The van der Waals surface area contributed by atoms with Crippen LogP contribution in [-0.4, -0.2) is 30.3 Å². The highest BCUT2D eigenvalue weighted by Gasteiger charge is 2.54. The van der Waals surface area contributed by atoms with Gasteiger partial charge in [-0.1, -0.05) is 55.4 Å². The largest absolute Gasteiger partial charge is 0.298 e. The molecular weight excluding hydrogens is 246 g/mol. The molecule has 0 bridgehead atoms. The van der Waals surface area contributed by atoms with Crippen molar-refractivity contribution in [2.45, 2.75) is 87.6 Å². The summed E-state index contributed by atoms with van der Waals surface area (Å²) in [7, 11) is 2.09. The Labute approximate surface area is 128 Å². The van der Waals surface area contributed by atoms with Crippen LogP contribution in [0.15, 0.2) is 0 Å². The Bertz CT molecular complexity index is 263. The first-order valence-corrected chi connectivity index (χ1v) is 8.54. The summed E-state index contributed by atoms with van der Waals surface area (Å²) in [6.45, 7) is 19.5. The molecule has 1 unspecified atom stereocenters. The van der Waals surface area contributed by atoms with Crippen LogP contribution in [0.25, 0.3) is 0 Å². The number of Topliss-reactive ketones (excluding diaryl/α,β-unsaturated/α-hetero) is 1. The minimum atomic E-state index is 0.200. The van der Waals surface area contributed by atoms with Gasteiger partial charge in [-0.2, -0.15) is 0 Å². The van der Waals surface area contributed by atoms with E-state index in [-0.39, 0.29) is 6.04 Å². The molecule has 2 nitrogen and oxygen atoms in total. The van der Waals surface area contributed by atoms with Gasteiger partial charge in [0.05, 0.1) is 6.04 Å². The lowest BCUT2D eigenvalue weighted by Crippen LogP contribution is -2.44. The number of nitrogens with zero attached hydrogens (tertiary/aromatic N) is 1. The number of rotatable bonds is 1. The molecule has 20 heavy (non-hydrogen) atoms. The van der Waals surface area contributed by atoms with E-state index in [4.69, 9.17) is 0 Å². The molecule has 1 heterocycles. The van der Waals surface area contributed by atoms with Crippen LogP contribution in [0.4, 0.5) is 0 Å². The second-order valence-corrected chi connectivity index (χ2v) is 6.26. The topological polar surface area (TPSA) is 20.3 Å². The smallest absolute Gasteiger partial charge is 0.146 e. The van der Waals surface area contributed by atoms with Crippen molar-refractivity contribution in [3.63, 3.8) is 0 Å². The normalized spacial score (nSPS) is 25.0. The molecule has 0 radical (unpaired) electrons. The second kappa shape index (κ2) is 9.55. The second-order valence-electron chi connectivity index (χ2n) is 6.26. The third kappa shape index (κ3) is 5.55. The number of carbonyl (C=O) groups is 1. The Kier molecular flexibility index (Phi) is 10.5. The predicted octanol–water partition coefficient (Wildman–Crippen LogP) is 5.16. The van der Waals surface area contributed by atoms with Crippen molar-refractivity contribution in [3.8, 4) is 0 Å². The molecule has 1 aliphatic heterocycles. The van der Waals surface area contributed by atoms with Gasteiger partial charge in [0.2, 0.25) is 0 Å². The first kappa shape index (κ1) is 21.9. The van der Waals surface area contributed by atoms with Crippen molar-refractivity contribution in [3.05, 3.63) is 0 Å². The van der Waals surface area contributed by atoms with Crippen molar-refractivity contribution in [1.82, 2.24) is 4.90 Å². The van der Waals surface area contributed by atoms with Gasteiger partial charge < -0.3 is 0 Å². The summed E-state index contributed by atoms with van der Waals surface area (Å²) < 4.78 is 0. The predicted molar refractivity (Wildman–Crippen MR) is 91.2 cm³/mol. The van der Waals surface area contributed by atoms with Gasteiger partial charge in [-0.3, -0.25) is 9.69 Å². The number of ketones is 1. The third-order valence-corrected chi connectivity index (χ3v) is 3.92. The quantitative estimate of drug-likeness (QED) is 0.663. The zero-order chi connectivity index (χ0) is 16.6. The van der Waals surface area contributed by atoms with Gasteiger partial charge >= 0.3 is 0 Å². The molecule has 1 spiro atoms. The van der Waals surface area contributed by atoms with Crippen molar-refractivity contribution in [2.24, 2.45) is 10.8 Å². The first-order chi connectivity index (χ1) is 9.34. The Morgan fingerprint density at radius 2 is 1.40 bits per heavy atom. The highest BCUT2D eigenvalue weighted by Crippen LogP contribution is 2.59. The lowest BCUT2D eigenvalue weighted by atomic mass is 9.53. The van der Waals surface area contributed by atoms with E-state index in [1.54, 1.807) is 6.92 Å². The summed E-state index contributed by atoms with van der Waals surface area (Å²) in [6, 6.07) is 0.200. The molecule has 0 aromatic heterocycles. The van der Waals surface area contributed by atoms with Crippen molar-refractivity contribution in [2.75, 3.05) is 13.6 Å². The Balaban J connectivity index is 0. The van der Waals surface area contributed by atoms with Crippen LogP contribution in [0.3, 0.4) is 0 Å². The molecule has 0 aromatic carbocycles. The van der Waals surface area contributed by atoms with Crippen molar-refractivity contribution < 1.29 is 4.79 Å². The summed E-state index contributed by atoms with van der Waals surface area (Å²) in [6.07, 6.45) is 3.70. The van der Waals surface area contributed by atoms with Gasteiger partial charge in [0.1, 0.15) is 5.78 Å². The van der Waals surface area contributed by atoms with E-state index in [1.807, 2.05) is 41.5 Å². The van der Waals surface area contributed by atoms with Gasteiger partial charge in [-0.25, -0.2) is 0 Å². The molecule has 0 N–H and O–H groups in total. The van der Waals surface area contributed by atoms with E-state index in [2.05, 4.69) is 25.8 Å². The number of hydrogen-bond donors (Lipinski definition) is 0. The Morgan fingerprint density at radius 3 is 1.65 bits per heavy atom. The van der Waals surface area contributed by atoms with Gasteiger partial charge in [0.15, 0.2) is 0 Å². The first-order valence-electron chi connectivity index (χ1n) is 8.54. The molecule has 2 aliphatic rings. The number of likely N-dealkylation sites (tertiary alicyclic amines) is 1. The van der Waals surface area contributed by atoms with Crippen LogP contribution in [0, 0.1) is 10.8 Å². The van der Waals surface area contributed by atoms with Crippen LogP contribution in [0.2, 0.25) is 0 Å². The maximum atomic E-state index is 11.4. The molecular formula is C18H39NO. The van der Waals surface area contributed by atoms with Gasteiger partial charge in [-0.05, 0) is 44.1 Å². The molecule has 1 atom stereocenters. The Morgan fingerprint density at radius 1 is 1.00 bits per heavy atom. The fourth-order valence-electron chi connectivity index (χ4n) is 3.96. The molecule has 1 aliphatic carbocycles. The Hall–Kier alpha value is -0.370. The van der Waals surface area contributed by atoms with Crippen molar-refractivity contribution >= 4 is 5.78 Å². The fourth-order valence-corrected chi connectivity index (χ4v) is 3.96. The molecule has 0 aromatic rings. The van der Waals surface area contributed by atoms with E-state index in [0.29, 0.717) is 16.6 Å². The van der Waals surface area contributed by atoms with E-state index >= 15 is 0 Å². The molecule has 2 rings (SSSR count). The van der Waals surface area contributed by atoms with E-state index in [9.17, 15) is 4.79 Å². The molecule has 122 valence electrons. The van der Waals surface area contributed by atoms with E-state index < -0.39 is 0 Å².